The highest BCUT2D eigenvalue weighted by molar-refractivity contribution is 6.06. The van der Waals surface area contributed by atoms with E-state index in [1.54, 1.807) is 19.2 Å². The molecule has 3 aromatic rings. The predicted molar refractivity (Wildman–Crippen MR) is 120 cm³/mol. The monoisotopic (exact) mass is 421 g/mol. The van der Waals surface area contributed by atoms with Crippen LogP contribution in [-0.2, 0) is 13.5 Å². The second-order valence-electron chi connectivity index (χ2n) is 7.61. The lowest BCUT2D eigenvalue weighted by Crippen LogP contribution is -2.24. The number of rotatable bonds is 7. The van der Waals surface area contributed by atoms with Crippen molar-refractivity contribution in [3.63, 3.8) is 0 Å². The van der Waals surface area contributed by atoms with E-state index in [0.29, 0.717) is 30.0 Å². The number of pyridine rings is 1. The number of nitrogens with zero attached hydrogens (tertiary/aromatic N) is 4. The zero-order chi connectivity index (χ0) is 22.7. The van der Waals surface area contributed by atoms with Crippen LogP contribution >= 0.6 is 0 Å². The predicted octanol–water partition coefficient (Wildman–Crippen LogP) is 3.37. The lowest BCUT2D eigenvalue weighted by molar-refractivity contribution is 0.0696. The van der Waals surface area contributed by atoms with Gasteiger partial charge in [0.15, 0.2) is 0 Å². The van der Waals surface area contributed by atoms with Crippen LogP contribution in [0.4, 0.5) is 11.5 Å². The van der Waals surface area contributed by atoms with Gasteiger partial charge in [0.25, 0.3) is 5.91 Å². The van der Waals surface area contributed by atoms with Crippen molar-refractivity contribution < 1.29 is 14.7 Å². The van der Waals surface area contributed by atoms with Crippen LogP contribution in [-0.4, -0.2) is 45.3 Å². The molecule has 0 atom stereocenters. The second-order valence-corrected chi connectivity index (χ2v) is 7.61. The molecule has 31 heavy (non-hydrogen) atoms. The van der Waals surface area contributed by atoms with Crippen LogP contribution in [0.3, 0.4) is 0 Å². The minimum atomic E-state index is -1.10. The largest absolute Gasteiger partial charge is 0.478 e. The molecule has 8 heteroatoms. The highest BCUT2D eigenvalue weighted by atomic mass is 16.4. The Labute approximate surface area is 181 Å². The van der Waals surface area contributed by atoms with Gasteiger partial charge in [0.1, 0.15) is 11.4 Å². The van der Waals surface area contributed by atoms with E-state index >= 15 is 0 Å². The van der Waals surface area contributed by atoms with Gasteiger partial charge in [-0.3, -0.25) is 9.48 Å². The lowest BCUT2D eigenvalue weighted by atomic mass is 10.1. The van der Waals surface area contributed by atoms with Gasteiger partial charge >= 0.3 is 5.97 Å². The van der Waals surface area contributed by atoms with Crippen molar-refractivity contribution >= 4 is 23.4 Å². The SMILES string of the molecule is Cc1ccccc1C(=O)Nc1cnc(N(C)CCc2c(C)nn(C)c2C)c(C(=O)O)c1. The van der Waals surface area contributed by atoms with Gasteiger partial charge in [0, 0.05) is 31.9 Å². The highest BCUT2D eigenvalue weighted by Crippen LogP contribution is 2.22. The molecule has 0 bridgehead atoms. The first-order valence-electron chi connectivity index (χ1n) is 9.99. The van der Waals surface area contributed by atoms with Crippen molar-refractivity contribution in [3.8, 4) is 0 Å². The molecular formula is C23H27N5O3. The number of hydrogen-bond acceptors (Lipinski definition) is 5. The maximum absolute atomic E-state index is 12.6. The summed E-state index contributed by atoms with van der Waals surface area (Å²) in [5.41, 5.74) is 4.94. The van der Waals surface area contributed by atoms with Crippen molar-refractivity contribution in [2.45, 2.75) is 27.2 Å². The first-order chi connectivity index (χ1) is 14.7. The quantitative estimate of drug-likeness (QED) is 0.607. The third-order valence-corrected chi connectivity index (χ3v) is 5.46. The fraction of sp³-hybridized carbons (Fsp3) is 0.304. The number of carbonyl (C=O) groups excluding carboxylic acids is 1. The molecule has 1 aromatic carbocycles. The van der Waals surface area contributed by atoms with E-state index in [1.165, 1.54) is 12.3 Å². The zero-order valence-electron chi connectivity index (χ0n) is 18.4. The Bertz CT molecular complexity index is 1140. The molecular weight excluding hydrogens is 394 g/mol. The molecule has 0 saturated heterocycles. The Hall–Kier alpha value is -3.68. The summed E-state index contributed by atoms with van der Waals surface area (Å²) in [6, 6.07) is 8.65. The van der Waals surface area contributed by atoms with Gasteiger partial charge in [0.05, 0.1) is 17.6 Å². The Morgan fingerprint density at radius 1 is 1.16 bits per heavy atom. The van der Waals surface area contributed by atoms with E-state index in [-0.39, 0.29) is 11.5 Å². The first kappa shape index (κ1) is 22.0. The Balaban J connectivity index is 1.79. The standard InChI is InChI=1S/C23H27N5O3/c1-14-8-6-7-9-18(14)22(29)25-17-12-20(23(30)31)21(24-13-17)27(4)11-10-19-15(2)26-28(5)16(19)3/h6-9,12-13H,10-11H2,1-5H3,(H,25,29)(H,30,31). The summed E-state index contributed by atoms with van der Waals surface area (Å²) in [7, 11) is 3.71. The molecule has 0 aliphatic heterocycles. The summed E-state index contributed by atoms with van der Waals surface area (Å²) in [4.78, 5) is 30.6. The van der Waals surface area contributed by atoms with Gasteiger partial charge in [-0.1, -0.05) is 18.2 Å². The van der Waals surface area contributed by atoms with Crippen LogP contribution in [0.5, 0.6) is 0 Å². The number of carboxylic acid groups (broad SMARTS) is 1. The van der Waals surface area contributed by atoms with Crippen LogP contribution in [0.15, 0.2) is 36.5 Å². The Kier molecular flexibility index (Phi) is 6.39. The van der Waals surface area contributed by atoms with Crippen molar-refractivity contribution in [2.75, 3.05) is 23.8 Å². The molecule has 1 amide bonds. The molecule has 2 aromatic heterocycles. The van der Waals surface area contributed by atoms with E-state index in [9.17, 15) is 14.7 Å². The number of aromatic nitrogens is 3. The molecule has 2 heterocycles. The number of carboxylic acids is 1. The molecule has 0 aliphatic carbocycles. The van der Waals surface area contributed by atoms with Gasteiger partial charge < -0.3 is 15.3 Å². The van der Waals surface area contributed by atoms with Crippen LogP contribution < -0.4 is 10.2 Å². The van der Waals surface area contributed by atoms with Crippen molar-refractivity contribution in [3.05, 3.63) is 70.2 Å². The molecule has 0 aliphatic rings. The number of benzene rings is 1. The molecule has 0 saturated carbocycles. The molecule has 162 valence electrons. The van der Waals surface area contributed by atoms with Crippen LogP contribution in [0.2, 0.25) is 0 Å². The van der Waals surface area contributed by atoms with Crippen LogP contribution in [0, 0.1) is 20.8 Å². The van der Waals surface area contributed by atoms with E-state index in [0.717, 1.165) is 22.5 Å². The highest BCUT2D eigenvalue weighted by Gasteiger charge is 2.19. The maximum atomic E-state index is 12.6. The Morgan fingerprint density at radius 2 is 1.87 bits per heavy atom. The minimum Gasteiger partial charge on any atom is -0.478 e. The second kappa shape index (κ2) is 8.99. The molecule has 0 fully saturated rings. The molecule has 3 rings (SSSR count). The van der Waals surface area contributed by atoms with E-state index in [1.807, 2.05) is 49.5 Å². The zero-order valence-corrected chi connectivity index (χ0v) is 18.4. The van der Waals surface area contributed by atoms with Gasteiger partial charge in [0.2, 0.25) is 0 Å². The first-order valence-corrected chi connectivity index (χ1v) is 9.99. The smallest absolute Gasteiger partial charge is 0.339 e. The summed E-state index contributed by atoms with van der Waals surface area (Å²) >= 11 is 0. The van der Waals surface area contributed by atoms with Gasteiger partial charge in [-0.05, 0) is 50.5 Å². The third-order valence-electron chi connectivity index (χ3n) is 5.46. The summed E-state index contributed by atoms with van der Waals surface area (Å²) in [5.74, 6) is -1.06. The topological polar surface area (TPSA) is 100 Å². The number of amides is 1. The van der Waals surface area contributed by atoms with Gasteiger partial charge in [-0.15, -0.1) is 0 Å². The number of aromatic carboxylic acids is 1. The number of aryl methyl sites for hydroxylation is 3. The van der Waals surface area contributed by atoms with E-state index in [2.05, 4.69) is 15.4 Å². The van der Waals surface area contributed by atoms with Gasteiger partial charge in [-0.2, -0.15) is 5.10 Å². The third kappa shape index (κ3) is 4.74. The summed E-state index contributed by atoms with van der Waals surface area (Å²) in [6.45, 7) is 6.41. The molecule has 8 nitrogen and oxygen atoms in total. The molecule has 0 radical (unpaired) electrons. The summed E-state index contributed by atoms with van der Waals surface area (Å²) in [6.07, 6.45) is 2.20. The van der Waals surface area contributed by atoms with Crippen molar-refractivity contribution in [1.82, 2.24) is 14.8 Å². The summed E-state index contributed by atoms with van der Waals surface area (Å²) < 4.78 is 1.84. The number of anilines is 2. The average Bonchev–Trinajstić information content (AvgIpc) is 2.97. The minimum absolute atomic E-state index is 0.0321. The number of likely N-dealkylation sites (N-methyl/N-ethyl adjacent to an activating group) is 1. The van der Waals surface area contributed by atoms with E-state index < -0.39 is 5.97 Å². The normalized spacial score (nSPS) is 10.7. The number of nitrogens with one attached hydrogen (secondary N) is 1. The van der Waals surface area contributed by atoms with Crippen molar-refractivity contribution in [2.24, 2.45) is 7.05 Å². The lowest BCUT2D eigenvalue weighted by Gasteiger charge is -2.21. The number of hydrogen-bond donors (Lipinski definition) is 2. The molecule has 0 unspecified atom stereocenters. The van der Waals surface area contributed by atoms with E-state index in [4.69, 9.17) is 0 Å². The van der Waals surface area contributed by atoms with Crippen LogP contribution in [0.25, 0.3) is 0 Å². The molecule has 2 N–H and O–H groups in total. The molecule has 0 spiro atoms. The maximum Gasteiger partial charge on any atom is 0.339 e. The fourth-order valence-electron chi connectivity index (χ4n) is 3.58. The van der Waals surface area contributed by atoms with Crippen molar-refractivity contribution in [1.29, 1.82) is 0 Å². The van der Waals surface area contributed by atoms with Crippen LogP contribution in [0.1, 0.15) is 43.2 Å². The Morgan fingerprint density at radius 3 is 2.48 bits per heavy atom. The van der Waals surface area contributed by atoms with Gasteiger partial charge in [-0.25, -0.2) is 9.78 Å². The fourth-order valence-corrected chi connectivity index (χ4v) is 3.58. The summed E-state index contributed by atoms with van der Waals surface area (Å²) in [5, 5.41) is 16.9. The number of carbonyl (C=O) groups is 2. The average molecular weight is 422 g/mol.